The number of anilines is 1. The van der Waals surface area contributed by atoms with E-state index in [9.17, 15) is 4.79 Å². The molecule has 82 valence electrons. The fraction of sp³-hybridized carbons (Fsp3) is 0.0909. The predicted octanol–water partition coefficient (Wildman–Crippen LogP) is 3.18. The Labute approximate surface area is 106 Å². The fourth-order valence-electron chi connectivity index (χ4n) is 1.25. The molecule has 1 heterocycles. The van der Waals surface area contributed by atoms with Gasteiger partial charge in [0.25, 0.3) is 5.91 Å². The van der Waals surface area contributed by atoms with Gasteiger partial charge >= 0.3 is 0 Å². The molecule has 5 heteroatoms. The van der Waals surface area contributed by atoms with Crippen LogP contribution in [0.1, 0.15) is 10.4 Å². The van der Waals surface area contributed by atoms with Crippen LogP contribution in [0.4, 0.5) is 5.13 Å². The largest absolute Gasteiger partial charge is 0.287 e. The molecule has 0 bridgehead atoms. The van der Waals surface area contributed by atoms with Crippen LogP contribution in [0.3, 0.4) is 0 Å². The zero-order valence-electron chi connectivity index (χ0n) is 8.55. The fourth-order valence-corrected chi connectivity index (χ4v) is 2.13. The van der Waals surface area contributed by atoms with Crippen LogP contribution < -0.4 is 4.90 Å². The number of hydrogen-bond acceptors (Lipinski definition) is 3. The molecule has 0 unspecified atom stereocenters. The highest BCUT2D eigenvalue weighted by Crippen LogP contribution is 2.19. The SMILES string of the molecule is CN(C(=O)c1ccc(Br)cc1)c1nccs1. The molecule has 0 radical (unpaired) electrons. The lowest BCUT2D eigenvalue weighted by molar-refractivity contribution is 0.0993. The summed E-state index contributed by atoms with van der Waals surface area (Å²) in [6, 6.07) is 7.28. The lowest BCUT2D eigenvalue weighted by atomic mass is 10.2. The van der Waals surface area contributed by atoms with Crippen molar-refractivity contribution in [3.63, 3.8) is 0 Å². The summed E-state index contributed by atoms with van der Waals surface area (Å²) in [5.74, 6) is -0.0533. The maximum atomic E-state index is 12.0. The standard InChI is InChI=1S/C11H9BrN2OS/c1-14(11-13-6-7-16-11)10(15)8-2-4-9(12)5-3-8/h2-7H,1H3. The third-order valence-corrected chi connectivity index (χ3v) is 3.48. The Balaban J connectivity index is 2.22. The molecule has 2 aromatic rings. The highest BCUT2D eigenvalue weighted by atomic mass is 79.9. The monoisotopic (exact) mass is 296 g/mol. The minimum atomic E-state index is -0.0533. The van der Waals surface area contributed by atoms with Gasteiger partial charge in [-0.1, -0.05) is 15.9 Å². The average molecular weight is 297 g/mol. The van der Waals surface area contributed by atoms with E-state index in [1.54, 1.807) is 30.3 Å². The minimum absolute atomic E-state index is 0.0533. The van der Waals surface area contributed by atoms with Crippen molar-refractivity contribution < 1.29 is 4.79 Å². The molecule has 16 heavy (non-hydrogen) atoms. The molecule has 0 aliphatic heterocycles. The normalized spacial score (nSPS) is 10.1. The van der Waals surface area contributed by atoms with Crippen molar-refractivity contribution in [3.8, 4) is 0 Å². The van der Waals surface area contributed by atoms with Crippen molar-refractivity contribution in [1.29, 1.82) is 0 Å². The number of carbonyl (C=O) groups excluding carboxylic acids is 1. The van der Waals surface area contributed by atoms with Gasteiger partial charge in [0.05, 0.1) is 0 Å². The molecule has 3 nitrogen and oxygen atoms in total. The summed E-state index contributed by atoms with van der Waals surface area (Å²) in [6.07, 6.45) is 1.69. The van der Waals surface area contributed by atoms with E-state index in [0.717, 1.165) is 4.47 Å². The van der Waals surface area contributed by atoms with Gasteiger partial charge in [0.2, 0.25) is 0 Å². The van der Waals surface area contributed by atoms with Gasteiger partial charge in [-0.05, 0) is 24.3 Å². The van der Waals surface area contributed by atoms with Crippen LogP contribution in [0.25, 0.3) is 0 Å². The van der Waals surface area contributed by atoms with E-state index in [1.807, 2.05) is 17.5 Å². The smallest absolute Gasteiger partial charge is 0.259 e. The van der Waals surface area contributed by atoms with E-state index in [0.29, 0.717) is 10.7 Å². The van der Waals surface area contributed by atoms with Gasteiger partial charge < -0.3 is 0 Å². The number of benzene rings is 1. The van der Waals surface area contributed by atoms with Crippen LogP contribution in [0.2, 0.25) is 0 Å². The second-order valence-corrected chi connectivity index (χ2v) is 4.97. The highest BCUT2D eigenvalue weighted by molar-refractivity contribution is 9.10. The molecule has 0 atom stereocenters. The number of nitrogens with zero attached hydrogens (tertiary/aromatic N) is 2. The topological polar surface area (TPSA) is 33.2 Å². The van der Waals surface area contributed by atoms with E-state index in [4.69, 9.17) is 0 Å². The Kier molecular flexibility index (Phi) is 3.36. The van der Waals surface area contributed by atoms with Gasteiger partial charge in [0.15, 0.2) is 5.13 Å². The van der Waals surface area contributed by atoms with Gasteiger partial charge in [-0.2, -0.15) is 0 Å². The quantitative estimate of drug-likeness (QED) is 0.853. The summed E-state index contributed by atoms with van der Waals surface area (Å²) in [5, 5.41) is 2.55. The number of halogens is 1. The maximum Gasteiger partial charge on any atom is 0.259 e. The lowest BCUT2D eigenvalue weighted by Gasteiger charge is -2.13. The third kappa shape index (κ3) is 2.31. The second-order valence-electron chi connectivity index (χ2n) is 3.19. The van der Waals surface area contributed by atoms with E-state index in [-0.39, 0.29) is 5.91 Å². The molecule has 0 aliphatic rings. The van der Waals surface area contributed by atoms with Crippen molar-refractivity contribution in [2.45, 2.75) is 0 Å². The molecule has 0 aliphatic carbocycles. The van der Waals surface area contributed by atoms with E-state index in [1.165, 1.54) is 11.3 Å². The van der Waals surface area contributed by atoms with Gasteiger partial charge in [-0.3, -0.25) is 9.69 Å². The Morgan fingerprint density at radius 3 is 2.62 bits per heavy atom. The molecule has 0 spiro atoms. The molecule has 1 aromatic heterocycles. The number of carbonyl (C=O) groups is 1. The Morgan fingerprint density at radius 1 is 1.38 bits per heavy atom. The van der Waals surface area contributed by atoms with Crippen molar-refractivity contribution in [2.75, 3.05) is 11.9 Å². The van der Waals surface area contributed by atoms with Crippen LogP contribution in [0.15, 0.2) is 40.3 Å². The first-order valence-corrected chi connectivity index (χ1v) is 6.29. The lowest BCUT2D eigenvalue weighted by Crippen LogP contribution is -2.25. The van der Waals surface area contributed by atoms with Crippen molar-refractivity contribution in [2.24, 2.45) is 0 Å². The number of amides is 1. The Hall–Kier alpha value is -1.20. The first-order chi connectivity index (χ1) is 7.68. The molecular formula is C11H9BrN2OS. The molecule has 0 saturated carbocycles. The van der Waals surface area contributed by atoms with Gasteiger partial charge in [0.1, 0.15) is 0 Å². The van der Waals surface area contributed by atoms with E-state index >= 15 is 0 Å². The molecule has 0 N–H and O–H groups in total. The van der Waals surface area contributed by atoms with Crippen LogP contribution in [0, 0.1) is 0 Å². The van der Waals surface area contributed by atoms with Crippen molar-refractivity contribution in [1.82, 2.24) is 4.98 Å². The number of hydrogen-bond donors (Lipinski definition) is 0. The molecular weight excluding hydrogens is 288 g/mol. The summed E-state index contributed by atoms with van der Waals surface area (Å²) in [6.45, 7) is 0. The summed E-state index contributed by atoms with van der Waals surface area (Å²) in [5.41, 5.74) is 0.654. The maximum absolute atomic E-state index is 12.0. The average Bonchev–Trinajstić information content (AvgIpc) is 2.81. The zero-order chi connectivity index (χ0) is 11.5. The van der Waals surface area contributed by atoms with E-state index < -0.39 is 0 Å². The van der Waals surface area contributed by atoms with Crippen molar-refractivity contribution in [3.05, 3.63) is 45.9 Å². The van der Waals surface area contributed by atoms with Crippen LogP contribution in [-0.2, 0) is 0 Å². The van der Waals surface area contributed by atoms with Gasteiger partial charge in [-0.25, -0.2) is 4.98 Å². The van der Waals surface area contributed by atoms with Gasteiger partial charge in [0, 0.05) is 28.7 Å². The van der Waals surface area contributed by atoms with Crippen LogP contribution >= 0.6 is 27.3 Å². The summed E-state index contributed by atoms with van der Waals surface area (Å²) in [7, 11) is 1.73. The van der Waals surface area contributed by atoms with Crippen LogP contribution in [0.5, 0.6) is 0 Å². The molecule has 2 rings (SSSR count). The Bertz CT molecular complexity index is 481. The predicted molar refractivity (Wildman–Crippen MR) is 69.0 cm³/mol. The zero-order valence-corrected chi connectivity index (χ0v) is 11.0. The second kappa shape index (κ2) is 4.76. The summed E-state index contributed by atoms with van der Waals surface area (Å²) in [4.78, 5) is 17.7. The number of aromatic nitrogens is 1. The first-order valence-electron chi connectivity index (χ1n) is 4.61. The number of thiazole rings is 1. The molecule has 1 amide bonds. The van der Waals surface area contributed by atoms with E-state index in [2.05, 4.69) is 20.9 Å². The Morgan fingerprint density at radius 2 is 2.06 bits per heavy atom. The minimum Gasteiger partial charge on any atom is -0.287 e. The number of rotatable bonds is 2. The van der Waals surface area contributed by atoms with Crippen molar-refractivity contribution >= 4 is 38.3 Å². The summed E-state index contributed by atoms with van der Waals surface area (Å²) >= 11 is 4.78. The first kappa shape index (κ1) is 11.3. The van der Waals surface area contributed by atoms with Crippen LogP contribution in [-0.4, -0.2) is 17.9 Å². The molecule has 1 aromatic carbocycles. The van der Waals surface area contributed by atoms with Gasteiger partial charge in [-0.15, -0.1) is 11.3 Å². The highest BCUT2D eigenvalue weighted by Gasteiger charge is 2.14. The molecule has 0 fully saturated rings. The summed E-state index contributed by atoms with van der Waals surface area (Å²) < 4.78 is 0.959. The molecule has 0 saturated heterocycles. The third-order valence-electron chi connectivity index (χ3n) is 2.10.